The maximum absolute atomic E-state index is 12.4. The van der Waals surface area contributed by atoms with Gasteiger partial charge in [-0.05, 0) is 30.9 Å². The summed E-state index contributed by atoms with van der Waals surface area (Å²) in [5, 5.41) is 0. The van der Waals surface area contributed by atoms with E-state index in [-0.39, 0.29) is 18.7 Å². The van der Waals surface area contributed by atoms with Gasteiger partial charge in [-0.3, -0.25) is 4.79 Å². The summed E-state index contributed by atoms with van der Waals surface area (Å²) >= 11 is 0. The first-order valence-electron chi connectivity index (χ1n) is 8.75. The lowest BCUT2D eigenvalue weighted by molar-refractivity contribution is -0.152. The number of benzene rings is 1. The van der Waals surface area contributed by atoms with E-state index in [4.69, 9.17) is 18.9 Å². The molecule has 5 heteroatoms. The quantitative estimate of drug-likeness (QED) is 0.220. The van der Waals surface area contributed by atoms with Gasteiger partial charge < -0.3 is 18.9 Å². The summed E-state index contributed by atoms with van der Waals surface area (Å²) in [7, 11) is 1.63. The zero-order valence-electron chi connectivity index (χ0n) is 15.3. The Hall–Kier alpha value is -1.69. The topological polar surface area (TPSA) is 54.0 Å². The van der Waals surface area contributed by atoms with Crippen molar-refractivity contribution in [2.75, 3.05) is 33.7 Å². The van der Waals surface area contributed by atoms with Crippen molar-refractivity contribution in [1.82, 2.24) is 0 Å². The Morgan fingerprint density at radius 3 is 2.52 bits per heavy atom. The van der Waals surface area contributed by atoms with E-state index in [1.165, 1.54) is 0 Å². The minimum absolute atomic E-state index is 0.135. The van der Waals surface area contributed by atoms with E-state index >= 15 is 0 Å². The third-order valence-electron chi connectivity index (χ3n) is 3.85. The molecule has 0 N–H and O–H groups in total. The average Bonchev–Trinajstić information content (AvgIpc) is 2.65. The van der Waals surface area contributed by atoms with Crippen molar-refractivity contribution in [1.29, 1.82) is 0 Å². The maximum Gasteiger partial charge on any atom is 0.309 e. The zero-order chi connectivity index (χ0) is 18.3. The minimum Gasteiger partial charge on any atom is -0.453 e. The van der Waals surface area contributed by atoms with Gasteiger partial charge in [0, 0.05) is 13.7 Å². The van der Waals surface area contributed by atoms with Crippen molar-refractivity contribution in [3.8, 4) is 0 Å². The number of ether oxygens (including phenoxy) is 4. The SMILES string of the molecule is C=C[C@@H](OC(=O)C(CC)CCCOCOCCOC)c1ccccc1. The molecule has 1 aromatic rings. The fourth-order valence-electron chi connectivity index (χ4n) is 2.36. The van der Waals surface area contributed by atoms with E-state index in [9.17, 15) is 4.79 Å². The molecule has 1 rings (SSSR count). The summed E-state index contributed by atoms with van der Waals surface area (Å²) in [6.07, 6.45) is 3.49. The Kier molecular flexibility index (Phi) is 11.6. The Balaban J connectivity index is 2.30. The summed E-state index contributed by atoms with van der Waals surface area (Å²) in [6, 6.07) is 9.63. The number of carbonyl (C=O) groups excluding carboxylic acids is 1. The Bertz CT molecular complexity index is 474. The molecule has 140 valence electrons. The molecular weight excluding hydrogens is 320 g/mol. The Morgan fingerprint density at radius 2 is 1.88 bits per heavy atom. The molecule has 0 saturated carbocycles. The van der Waals surface area contributed by atoms with Crippen LogP contribution in [0.1, 0.15) is 37.9 Å². The lowest BCUT2D eigenvalue weighted by Gasteiger charge is -2.19. The monoisotopic (exact) mass is 350 g/mol. The van der Waals surface area contributed by atoms with Crippen LogP contribution in [0.25, 0.3) is 0 Å². The lowest BCUT2D eigenvalue weighted by atomic mass is 10.0. The van der Waals surface area contributed by atoms with Crippen LogP contribution in [0.3, 0.4) is 0 Å². The number of hydrogen-bond acceptors (Lipinski definition) is 5. The molecule has 1 unspecified atom stereocenters. The predicted molar refractivity (Wildman–Crippen MR) is 97.1 cm³/mol. The van der Waals surface area contributed by atoms with Crippen LogP contribution in [-0.4, -0.2) is 39.7 Å². The Labute approximate surface area is 150 Å². The maximum atomic E-state index is 12.4. The molecule has 0 fully saturated rings. The van der Waals surface area contributed by atoms with Gasteiger partial charge in [0.25, 0.3) is 0 Å². The molecule has 2 atom stereocenters. The fourth-order valence-corrected chi connectivity index (χ4v) is 2.36. The summed E-state index contributed by atoms with van der Waals surface area (Å²) < 4.78 is 21.1. The average molecular weight is 350 g/mol. The van der Waals surface area contributed by atoms with Gasteiger partial charge in [0.15, 0.2) is 0 Å². The third-order valence-corrected chi connectivity index (χ3v) is 3.85. The van der Waals surface area contributed by atoms with Crippen molar-refractivity contribution in [3.63, 3.8) is 0 Å². The van der Waals surface area contributed by atoms with Crippen molar-refractivity contribution in [3.05, 3.63) is 48.6 Å². The second-order valence-electron chi connectivity index (χ2n) is 5.68. The van der Waals surface area contributed by atoms with Gasteiger partial charge >= 0.3 is 5.97 Å². The normalized spacial score (nSPS) is 13.2. The van der Waals surface area contributed by atoms with E-state index in [2.05, 4.69) is 6.58 Å². The highest BCUT2D eigenvalue weighted by Gasteiger charge is 2.21. The van der Waals surface area contributed by atoms with Crippen LogP contribution in [-0.2, 0) is 23.7 Å². The summed E-state index contributed by atoms with van der Waals surface area (Å²) in [5.74, 6) is -0.322. The molecule has 0 radical (unpaired) electrons. The smallest absolute Gasteiger partial charge is 0.309 e. The number of esters is 1. The summed E-state index contributed by atoms with van der Waals surface area (Å²) in [5.41, 5.74) is 0.928. The molecule has 1 aromatic carbocycles. The van der Waals surface area contributed by atoms with Crippen molar-refractivity contribution in [2.24, 2.45) is 5.92 Å². The highest BCUT2D eigenvalue weighted by molar-refractivity contribution is 5.72. The van der Waals surface area contributed by atoms with E-state index in [1.807, 2.05) is 37.3 Å². The minimum atomic E-state index is -0.409. The molecule has 0 aliphatic carbocycles. The first kappa shape index (κ1) is 21.4. The standard InChI is InChI=1S/C20H30O5/c1-4-17(12-9-13-23-16-24-15-14-22-3)20(21)25-19(5-2)18-10-7-6-8-11-18/h5-8,10-11,17,19H,2,4,9,12-16H2,1,3H3/t17?,19-/m1/s1. The third kappa shape index (κ3) is 8.82. The van der Waals surface area contributed by atoms with Gasteiger partial charge in [-0.1, -0.05) is 43.8 Å². The molecule has 0 spiro atoms. The van der Waals surface area contributed by atoms with Crippen LogP contribution < -0.4 is 0 Å². The molecule has 0 aromatic heterocycles. The fraction of sp³-hybridized carbons (Fsp3) is 0.550. The molecule has 0 amide bonds. The second kappa shape index (κ2) is 13.6. The number of methoxy groups -OCH3 is 1. The molecule has 0 aliphatic heterocycles. The molecule has 0 saturated heterocycles. The van der Waals surface area contributed by atoms with Gasteiger partial charge in [0.2, 0.25) is 0 Å². The zero-order valence-corrected chi connectivity index (χ0v) is 15.3. The first-order chi connectivity index (χ1) is 12.2. The van der Waals surface area contributed by atoms with Crippen LogP contribution in [0, 0.1) is 5.92 Å². The van der Waals surface area contributed by atoms with E-state index < -0.39 is 6.10 Å². The van der Waals surface area contributed by atoms with Crippen LogP contribution in [0.15, 0.2) is 43.0 Å². The van der Waals surface area contributed by atoms with Crippen molar-refractivity contribution >= 4 is 5.97 Å². The van der Waals surface area contributed by atoms with E-state index in [0.717, 1.165) is 24.8 Å². The van der Waals surface area contributed by atoms with Crippen molar-refractivity contribution < 1.29 is 23.7 Å². The first-order valence-corrected chi connectivity index (χ1v) is 8.75. The molecule has 0 bridgehead atoms. The Morgan fingerprint density at radius 1 is 1.16 bits per heavy atom. The van der Waals surface area contributed by atoms with Gasteiger partial charge in [-0.2, -0.15) is 0 Å². The number of carbonyl (C=O) groups is 1. The van der Waals surface area contributed by atoms with E-state index in [1.54, 1.807) is 13.2 Å². The molecular formula is C20H30O5. The van der Waals surface area contributed by atoms with E-state index in [0.29, 0.717) is 19.8 Å². The predicted octanol–water partition coefficient (Wildman–Crippen LogP) is 3.90. The second-order valence-corrected chi connectivity index (χ2v) is 5.68. The highest BCUT2D eigenvalue weighted by Crippen LogP contribution is 2.22. The largest absolute Gasteiger partial charge is 0.453 e. The van der Waals surface area contributed by atoms with Gasteiger partial charge in [0.05, 0.1) is 19.1 Å². The van der Waals surface area contributed by atoms with Crippen molar-refractivity contribution in [2.45, 2.75) is 32.3 Å². The molecule has 5 nitrogen and oxygen atoms in total. The molecule has 0 heterocycles. The number of rotatable bonds is 14. The number of hydrogen-bond donors (Lipinski definition) is 0. The lowest BCUT2D eigenvalue weighted by Crippen LogP contribution is -2.20. The summed E-state index contributed by atoms with van der Waals surface area (Å²) in [4.78, 5) is 12.4. The summed E-state index contributed by atoms with van der Waals surface area (Å²) in [6.45, 7) is 7.64. The van der Waals surface area contributed by atoms with Crippen LogP contribution in [0.5, 0.6) is 0 Å². The van der Waals surface area contributed by atoms with Crippen LogP contribution >= 0.6 is 0 Å². The molecule has 25 heavy (non-hydrogen) atoms. The van der Waals surface area contributed by atoms with Gasteiger partial charge in [-0.25, -0.2) is 0 Å². The highest BCUT2D eigenvalue weighted by atomic mass is 16.7. The van der Waals surface area contributed by atoms with Crippen LogP contribution in [0.2, 0.25) is 0 Å². The van der Waals surface area contributed by atoms with Crippen LogP contribution in [0.4, 0.5) is 0 Å². The van der Waals surface area contributed by atoms with Gasteiger partial charge in [-0.15, -0.1) is 0 Å². The molecule has 0 aliphatic rings. The van der Waals surface area contributed by atoms with Gasteiger partial charge in [0.1, 0.15) is 12.9 Å².